The van der Waals surface area contributed by atoms with Crippen LogP contribution in [0.15, 0.2) is 42.9 Å². The van der Waals surface area contributed by atoms with E-state index in [2.05, 4.69) is 9.97 Å². The Bertz CT molecular complexity index is 595. The number of ether oxygens (including phenoxy) is 2. The van der Waals surface area contributed by atoms with E-state index in [1.165, 1.54) is 6.33 Å². The van der Waals surface area contributed by atoms with Crippen molar-refractivity contribution < 1.29 is 14.3 Å². The Morgan fingerprint density at radius 3 is 2.48 bits per heavy atom. The number of esters is 1. The van der Waals surface area contributed by atoms with Gasteiger partial charge in [0.1, 0.15) is 12.1 Å². The van der Waals surface area contributed by atoms with Crippen LogP contribution in [0, 0.1) is 0 Å². The van der Waals surface area contributed by atoms with Crippen LogP contribution in [-0.2, 0) is 9.53 Å². The molecule has 110 valence electrons. The zero-order valence-corrected chi connectivity index (χ0v) is 12.4. The summed E-state index contributed by atoms with van der Waals surface area (Å²) >= 11 is 0. The molecule has 1 aromatic heterocycles. The van der Waals surface area contributed by atoms with E-state index >= 15 is 0 Å². The fraction of sp³-hybridized carbons (Fsp3) is 0.312. The molecule has 0 saturated carbocycles. The van der Waals surface area contributed by atoms with Gasteiger partial charge in [-0.25, -0.2) is 14.8 Å². The smallest absolute Gasteiger partial charge is 0.349 e. The molecule has 1 heterocycles. The van der Waals surface area contributed by atoms with E-state index in [0.717, 1.165) is 11.3 Å². The van der Waals surface area contributed by atoms with Gasteiger partial charge in [0, 0.05) is 11.8 Å². The average molecular weight is 286 g/mol. The topological polar surface area (TPSA) is 61.3 Å². The molecule has 0 aliphatic carbocycles. The number of rotatable bonds is 5. The molecular formula is C16H18N2O3. The first-order valence-corrected chi connectivity index (χ1v) is 6.75. The van der Waals surface area contributed by atoms with Crippen LogP contribution in [0.3, 0.4) is 0 Å². The number of benzene rings is 1. The average Bonchev–Trinajstić information content (AvgIpc) is 2.49. The van der Waals surface area contributed by atoms with E-state index in [4.69, 9.17) is 9.47 Å². The molecule has 0 unspecified atom stereocenters. The summed E-state index contributed by atoms with van der Waals surface area (Å²) in [6.45, 7) is 5.47. The lowest BCUT2D eigenvalue weighted by Gasteiger charge is -2.24. The number of aromatic nitrogens is 2. The van der Waals surface area contributed by atoms with Crippen molar-refractivity contribution in [3.63, 3.8) is 0 Å². The molecule has 0 atom stereocenters. The largest absolute Gasteiger partial charge is 0.476 e. The monoisotopic (exact) mass is 286 g/mol. The molecule has 0 aliphatic heterocycles. The van der Waals surface area contributed by atoms with Gasteiger partial charge in [-0.1, -0.05) is 0 Å². The second kappa shape index (κ2) is 6.35. The molecule has 0 spiro atoms. The zero-order chi connectivity index (χ0) is 15.3. The molecule has 0 N–H and O–H groups in total. The fourth-order valence-electron chi connectivity index (χ4n) is 1.80. The van der Waals surface area contributed by atoms with Gasteiger partial charge in [-0.3, -0.25) is 0 Å². The van der Waals surface area contributed by atoms with E-state index in [9.17, 15) is 4.79 Å². The molecule has 0 fully saturated rings. The molecule has 2 aromatic rings. The molecule has 21 heavy (non-hydrogen) atoms. The second-order valence-corrected chi connectivity index (χ2v) is 4.95. The van der Waals surface area contributed by atoms with Crippen molar-refractivity contribution in [3.8, 4) is 17.0 Å². The van der Waals surface area contributed by atoms with Gasteiger partial charge >= 0.3 is 5.97 Å². The van der Waals surface area contributed by atoms with Crippen LogP contribution in [0.2, 0.25) is 0 Å². The quantitative estimate of drug-likeness (QED) is 0.791. The van der Waals surface area contributed by atoms with Gasteiger partial charge in [0.15, 0.2) is 5.60 Å². The maximum atomic E-state index is 11.8. The first-order valence-electron chi connectivity index (χ1n) is 6.75. The van der Waals surface area contributed by atoms with Crippen molar-refractivity contribution in [2.24, 2.45) is 0 Å². The molecule has 5 nitrogen and oxygen atoms in total. The van der Waals surface area contributed by atoms with Crippen molar-refractivity contribution in [2.75, 3.05) is 6.61 Å². The number of hydrogen-bond acceptors (Lipinski definition) is 5. The third-order valence-electron chi connectivity index (χ3n) is 2.87. The van der Waals surface area contributed by atoms with Crippen LogP contribution >= 0.6 is 0 Å². The summed E-state index contributed by atoms with van der Waals surface area (Å²) in [5, 5.41) is 0. The third kappa shape index (κ3) is 3.78. The van der Waals surface area contributed by atoms with E-state index in [-0.39, 0.29) is 5.97 Å². The Labute approximate surface area is 124 Å². The highest BCUT2D eigenvalue weighted by molar-refractivity contribution is 5.79. The Hall–Kier alpha value is -2.43. The molecule has 2 rings (SSSR count). The summed E-state index contributed by atoms with van der Waals surface area (Å²) in [6, 6.07) is 9.22. The summed E-state index contributed by atoms with van der Waals surface area (Å²) in [4.78, 5) is 19.9. The fourth-order valence-corrected chi connectivity index (χ4v) is 1.80. The van der Waals surface area contributed by atoms with E-state index in [0.29, 0.717) is 12.4 Å². The van der Waals surface area contributed by atoms with Gasteiger partial charge < -0.3 is 9.47 Å². The minimum Gasteiger partial charge on any atom is -0.476 e. The lowest BCUT2D eigenvalue weighted by Crippen LogP contribution is -2.39. The lowest BCUT2D eigenvalue weighted by atomic mass is 10.1. The highest BCUT2D eigenvalue weighted by Gasteiger charge is 2.31. The van der Waals surface area contributed by atoms with Crippen molar-refractivity contribution in [3.05, 3.63) is 42.9 Å². The Morgan fingerprint density at radius 2 is 1.90 bits per heavy atom. The summed E-state index contributed by atoms with van der Waals surface area (Å²) in [5.41, 5.74) is 0.770. The Morgan fingerprint density at radius 1 is 1.19 bits per heavy atom. The lowest BCUT2D eigenvalue weighted by molar-refractivity contribution is -0.158. The maximum absolute atomic E-state index is 11.8. The highest BCUT2D eigenvalue weighted by atomic mass is 16.6. The van der Waals surface area contributed by atoms with Crippen LogP contribution < -0.4 is 4.74 Å². The molecule has 1 aromatic carbocycles. The maximum Gasteiger partial charge on any atom is 0.349 e. The zero-order valence-electron chi connectivity index (χ0n) is 12.4. The van der Waals surface area contributed by atoms with E-state index in [1.807, 2.05) is 18.2 Å². The summed E-state index contributed by atoms with van der Waals surface area (Å²) in [5.74, 6) is 0.218. The van der Waals surface area contributed by atoms with Crippen LogP contribution in [0.5, 0.6) is 5.75 Å². The Balaban J connectivity index is 2.11. The van der Waals surface area contributed by atoms with Gasteiger partial charge in [-0.05, 0) is 51.1 Å². The second-order valence-electron chi connectivity index (χ2n) is 4.95. The molecule has 0 amide bonds. The molecule has 0 saturated heterocycles. The van der Waals surface area contributed by atoms with Crippen LogP contribution in [0.25, 0.3) is 11.3 Å². The number of hydrogen-bond donors (Lipinski definition) is 0. The number of carbonyl (C=O) groups excluding carboxylic acids is 1. The molecular weight excluding hydrogens is 268 g/mol. The van der Waals surface area contributed by atoms with E-state index in [1.54, 1.807) is 39.1 Å². The predicted molar refractivity (Wildman–Crippen MR) is 78.8 cm³/mol. The van der Waals surface area contributed by atoms with Crippen molar-refractivity contribution in [2.45, 2.75) is 26.4 Å². The van der Waals surface area contributed by atoms with Crippen molar-refractivity contribution in [1.29, 1.82) is 0 Å². The van der Waals surface area contributed by atoms with Gasteiger partial charge in [-0.2, -0.15) is 0 Å². The van der Waals surface area contributed by atoms with Gasteiger partial charge in [0.25, 0.3) is 0 Å². The normalized spacial score (nSPS) is 11.0. The Kier molecular flexibility index (Phi) is 4.52. The molecule has 5 heteroatoms. The molecule has 0 bridgehead atoms. The first-order chi connectivity index (χ1) is 10.0. The minimum atomic E-state index is -1.02. The van der Waals surface area contributed by atoms with Gasteiger partial charge in [-0.15, -0.1) is 0 Å². The SMILES string of the molecule is CCOC(=O)C(C)(C)Oc1ccc(-c2ccncn2)cc1. The molecule has 0 aliphatic rings. The van der Waals surface area contributed by atoms with Crippen molar-refractivity contribution in [1.82, 2.24) is 9.97 Å². The van der Waals surface area contributed by atoms with E-state index < -0.39 is 5.60 Å². The van der Waals surface area contributed by atoms with Crippen LogP contribution in [0.1, 0.15) is 20.8 Å². The number of carbonyl (C=O) groups is 1. The minimum absolute atomic E-state index is 0.332. The third-order valence-corrected chi connectivity index (χ3v) is 2.87. The van der Waals surface area contributed by atoms with Crippen LogP contribution in [0.4, 0.5) is 0 Å². The summed E-state index contributed by atoms with van der Waals surface area (Å²) < 4.78 is 10.7. The first kappa shape index (κ1) is 15.0. The number of nitrogens with zero attached hydrogens (tertiary/aromatic N) is 2. The predicted octanol–water partition coefficient (Wildman–Crippen LogP) is 2.86. The standard InChI is InChI=1S/C16H18N2O3/c1-4-20-15(19)16(2,3)21-13-7-5-12(6-8-13)14-9-10-17-11-18-14/h5-11H,4H2,1-3H3. The van der Waals surface area contributed by atoms with Crippen molar-refractivity contribution >= 4 is 5.97 Å². The summed E-state index contributed by atoms with van der Waals surface area (Å²) in [6.07, 6.45) is 3.19. The molecule has 0 radical (unpaired) electrons. The van der Waals surface area contributed by atoms with Crippen LogP contribution in [-0.4, -0.2) is 28.1 Å². The van der Waals surface area contributed by atoms with Gasteiger partial charge in [0.05, 0.1) is 12.3 Å². The van der Waals surface area contributed by atoms with Gasteiger partial charge in [0.2, 0.25) is 0 Å². The highest BCUT2D eigenvalue weighted by Crippen LogP contribution is 2.23. The summed E-state index contributed by atoms with van der Waals surface area (Å²) in [7, 11) is 0.